The molecule has 1 aromatic carbocycles. The van der Waals surface area contributed by atoms with E-state index in [4.69, 9.17) is 10.5 Å². The van der Waals surface area contributed by atoms with Crippen molar-refractivity contribution >= 4 is 5.69 Å². The Hall–Kier alpha value is -1.26. The molecule has 1 saturated heterocycles. The number of rotatable bonds is 3. The van der Waals surface area contributed by atoms with Crippen LogP contribution in [0, 0.1) is 0 Å². The standard InChI is InChI=1S/C13H20N2O2/c1-2-11-9-17-6-5-15(11)8-10-3-4-13(16)12(14)7-10/h3-4,7,11,16H,2,5-6,8-9,14H2,1H3. The van der Waals surface area contributed by atoms with E-state index in [1.807, 2.05) is 12.1 Å². The van der Waals surface area contributed by atoms with E-state index in [9.17, 15) is 5.11 Å². The SMILES string of the molecule is CCC1COCCN1Cc1ccc(O)c(N)c1. The molecule has 1 aliphatic heterocycles. The van der Waals surface area contributed by atoms with E-state index < -0.39 is 0 Å². The lowest BCUT2D eigenvalue weighted by Crippen LogP contribution is -2.44. The molecule has 2 rings (SSSR count). The molecular weight excluding hydrogens is 216 g/mol. The van der Waals surface area contributed by atoms with Gasteiger partial charge in [-0.15, -0.1) is 0 Å². The van der Waals surface area contributed by atoms with Crippen LogP contribution in [0.1, 0.15) is 18.9 Å². The van der Waals surface area contributed by atoms with Gasteiger partial charge in [-0.1, -0.05) is 13.0 Å². The topological polar surface area (TPSA) is 58.7 Å². The minimum atomic E-state index is 0.155. The highest BCUT2D eigenvalue weighted by Crippen LogP contribution is 2.22. The molecular formula is C13H20N2O2. The zero-order valence-electron chi connectivity index (χ0n) is 10.2. The number of phenols is 1. The molecule has 0 saturated carbocycles. The number of ether oxygens (including phenoxy) is 1. The van der Waals surface area contributed by atoms with E-state index in [2.05, 4.69) is 11.8 Å². The van der Waals surface area contributed by atoms with E-state index in [1.54, 1.807) is 6.07 Å². The molecule has 0 amide bonds. The molecule has 4 nitrogen and oxygen atoms in total. The molecule has 0 spiro atoms. The third-order valence-electron chi connectivity index (χ3n) is 3.30. The van der Waals surface area contributed by atoms with Crippen LogP contribution in [0.25, 0.3) is 0 Å². The highest BCUT2D eigenvalue weighted by atomic mass is 16.5. The molecule has 0 aliphatic carbocycles. The number of nitrogens with zero attached hydrogens (tertiary/aromatic N) is 1. The number of morpholine rings is 1. The Labute approximate surface area is 102 Å². The average Bonchev–Trinajstić information content (AvgIpc) is 2.34. The van der Waals surface area contributed by atoms with Crippen LogP contribution in [0.15, 0.2) is 18.2 Å². The maximum Gasteiger partial charge on any atom is 0.138 e. The average molecular weight is 236 g/mol. The van der Waals surface area contributed by atoms with Gasteiger partial charge in [0.25, 0.3) is 0 Å². The molecule has 1 heterocycles. The summed E-state index contributed by atoms with van der Waals surface area (Å²) in [5.74, 6) is 0.155. The molecule has 0 radical (unpaired) electrons. The summed E-state index contributed by atoms with van der Waals surface area (Å²) in [7, 11) is 0. The Morgan fingerprint density at radius 1 is 1.53 bits per heavy atom. The van der Waals surface area contributed by atoms with Gasteiger partial charge in [0, 0.05) is 19.1 Å². The lowest BCUT2D eigenvalue weighted by molar-refractivity contribution is -0.0127. The van der Waals surface area contributed by atoms with Crippen molar-refractivity contribution in [2.24, 2.45) is 0 Å². The zero-order valence-corrected chi connectivity index (χ0v) is 10.2. The number of anilines is 1. The maximum atomic E-state index is 9.39. The summed E-state index contributed by atoms with van der Waals surface area (Å²) >= 11 is 0. The molecule has 1 unspecified atom stereocenters. The lowest BCUT2D eigenvalue weighted by Gasteiger charge is -2.35. The van der Waals surface area contributed by atoms with E-state index >= 15 is 0 Å². The smallest absolute Gasteiger partial charge is 0.138 e. The largest absolute Gasteiger partial charge is 0.506 e. The van der Waals surface area contributed by atoms with Gasteiger partial charge in [-0.3, -0.25) is 4.90 Å². The first-order valence-electron chi connectivity index (χ1n) is 6.10. The van der Waals surface area contributed by atoms with Crippen LogP contribution < -0.4 is 5.73 Å². The first-order chi connectivity index (χ1) is 8.20. The van der Waals surface area contributed by atoms with Crippen molar-refractivity contribution in [1.29, 1.82) is 0 Å². The predicted octanol–water partition coefficient (Wildman–Crippen LogP) is 1.59. The minimum absolute atomic E-state index is 0.155. The number of nitrogens with two attached hydrogens (primary N) is 1. The lowest BCUT2D eigenvalue weighted by atomic mass is 10.1. The predicted molar refractivity (Wildman–Crippen MR) is 67.8 cm³/mol. The summed E-state index contributed by atoms with van der Waals surface area (Å²) in [6.07, 6.45) is 1.09. The van der Waals surface area contributed by atoms with Gasteiger partial charge in [-0.05, 0) is 24.1 Å². The molecule has 17 heavy (non-hydrogen) atoms. The second-order valence-electron chi connectivity index (χ2n) is 4.50. The summed E-state index contributed by atoms with van der Waals surface area (Å²) in [5, 5.41) is 9.39. The number of nitrogen functional groups attached to an aromatic ring is 1. The first kappa shape index (κ1) is 12.2. The molecule has 94 valence electrons. The summed E-state index contributed by atoms with van der Waals surface area (Å²) in [5.41, 5.74) is 7.29. The van der Waals surface area contributed by atoms with Crippen molar-refractivity contribution in [2.45, 2.75) is 25.9 Å². The minimum Gasteiger partial charge on any atom is -0.506 e. The van der Waals surface area contributed by atoms with Gasteiger partial charge in [-0.25, -0.2) is 0 Å². The van der Waals surface area contributed by atoms with Gasteiger partial charge in [0.1, 0.15) is 5.75 Å². The van der Waals surface area contributed by atoms with E-state index in [-0.39, 0.29) is 5.75 Å². The normalized spacial score (nSPS) is 21.6. The number of aromatic hydroxyl groups is 1. The van der Waals surface area contributed by atoms with Crippen LogP contribution in [-0.4, -0.2) is 35.8 Å². The number of phenolic OH excluding ortho intramolecular Hbond substituents is 1. The van der Waals surface area contributed by atoms with Gasteiger partial charge < -0.3 is 15.6 Å². The number of benzene rings is 1. The summed E-state index contributed by atoms with van der Waals surface area (Å²) in [4.78, 5) is 2.41. The fourth-order valence-corrected chi connectivity index (χ4v) is 2.21. The Morgan fingerprint density at radius 3 is 3.06 bits per heavy atom. The Kier molecular flexibility index (Phi) is 3.86. The van der Waals surface area contributed by atoms with Crippen LogP contribution in [-0.2, 0) is 11.3 Å². The summed E-state index contributed by atoms with van der Waals surface area (Å²) in [6.45, 7) is 5.61. The molecule has 1 aromatic rings. The van der Waals surface area contributed by atoms with Gasteiger partial charge in [-0.2, -0.15) is 0 Å². The van der Waals surface area contributed by atoms with Crippen LogP contribution in [0.3, 0.4) is 0 Å². The van der Waals surface area contributed by atoms with Crippen molar-refractivity contribution < 1.29 is 9.84 Å². The Balaban J connectivity index is 2.05. The summed E-state index contributed by atoms with van der Waals surface area (Å²) in [6, 6.07) is 5.91. The molecule has 3 N–H and O–H groups in total. The molecule has 1 atom stereocenters. The Bertz CT molecular complexity index is 382. The van der Waals surface area contributed by atoms with Crippen LogP contribution in [0.4, 0.5) is 5.69 Å². The fraction of sp³-hybridized carbons (Fsp3) is 0.538. The van der Waals surface area contributed by atoms with Crippen LogP contribution in [0.2, 0.25) is 0 Å². The molecule has 4 heteroatoms. The zero-order chi connectivity index (χ0) is 12.3. The molecule has 1 fully saturated rings. The van der Waals surface area contributed by atoms with E-state index in [0.717, 1.165) is 38.3 Å². The second-order valence-corrected chi connectivity index (χ2v) is 4.50. The quantitative estimate of drug-likeness (QED) is 0.618. The number of hydrogen-bond acceptors (Lipinski definition) is 4. The third-order valence-corrected chi connectivity index (χ3v) is 3.30. The monoisotopic (exact) mass is 236 g/mol. The van der Waals surface area contributed by atoms with E-state index in [0.29, 0.717) is 11.7 Å². The summed E-state index contributed by atoms with van der Waals surface area (Å²) < 4.78 is 5.48. The van der Waals surface area contributed by atoms with Gasteiger partial charge in [0.15, 0.2) is 0 Å². The molecule has 0 aromatic heterocycles. The second kappa shape index (κ2) is 5.38. The third kappa shape index (κ3) is 2.90. The molecule has 0 bridgehead atoms. The van der Waals surface area contributed by atoms with Gasteiger partial charge in [0.05, 0.1) is 18.9 Å². The highest BCUT2D eigenvalue weighted by Gasteiger charge is 2.21. The number of hydrogen-bond donors (Lipinski definition) is 2. The van der Waals surface area contributed by atoms with Crippen molar-refractivity contribution in [3.63, 3.8) is 0 Å². The van der Waals surface area contributed by atoms with Crippen molar-refractivity contribution in [2.75, 3.05) is 25.5 Å². The van der Waals surface area contributed by atoms with E-state index in [1.165, 1.54) is 0 Å². The fourth-order valence-electron chi connectivity index (χ4n) is 2.21. The van der Waals surface area contributed by atoms with Crippen molar-refractivity contribution in [3.05, 3.63) is 23.8 Å². The Morgan fingerprint density at radius 2 is 2.35 bits per heavy atom. The van der Waals surface area contributed by atoms with Gasteiger partial charge >= 0.3 is 0 Å². The first-order valence-corrected chi connectivity index (χ1v) is 6.10. The van der Waals surface area contributed by atoms with Crippen molar-refractivity contribution in [3.8, 4) is 5.75 Å². The van der Waals surface area contributed by atoms with Gasteiger partial charge in [0.2, 0.25) is 0 Å². The molecule has 1 aliphatic rings. The van der Waals surface area contributed by atoms with Crippen LogP contribution >= 0.6 is 0 Å². The van der Waals surface area contributed by atoms with Crippen LogP contribution in [0.5, 0.6) is 5.75 Å². The van der Waals surface area contributed by atoms with Crippen molar-refractivity contribution in [1.82, 2.24) is 4.90 Å². The maximum absolute atomic E-state index is 9.39. The highest BCUT2D eigenvalue weighted by molar-refractivity contribution is 5.53.